The maximum Gasteiger partial charge on any atom is 0.263 e. The van der Waals surface area contributed by atoms with E-state index in [1.165, 1.54) is 24.3 Å². The van der Waals surface area contributed by atoms with E-state index in [2.05, 4.69) is 9.97 Å². The van der Waals surface area contributed by atoms with Gasteiger partial charge in [0.1, 0.15) is 5.82 Å². The summed E-state index contributed by atoms with van der Waals surface area (Å²) in [6.45, 7) is 1.88. The molecule has 0 saturated heterocycles. The summed E-state index contributed by atoms with van der Waals surface area (Å²) in [5, 5.41) is 0. The van der Waals surface area contributed by atoms with Crippen molar-refractivity contribution in [1.82, 2.24) is 9.97 Å². The van der Waals surface area contributed by atoms with Crippen LogP contribution >= 0.6 is 0 Å². The lowest BCUT2D eigenvalue weighted by molar-refractivity contribution is 0.151. The minimum Gasteiger partial charge on any atom is -0.307 e. The average Bonchev–Trinajstić information content (AvgIpc) is 2.38. The molecule has 0 radical (unpaired) electrons. The highest BCUT2D eigenvalue weighted by Gasteiger charge is 2.09. The molecule has 0 amide bonds. The lowest BCUT2D eigenvalue weighted by Crippen LogP contribution is -2.10. The van der Waals surface area contributed by atoms with Crippen LogP contribution in [-0.2, 0) is 6.42 Å². The molecular formula is C13H12F2N2O. The zero-order valence-electron chi connectivity index (χ0n) is 9.78. The Kier molecular flexibility index (Phi) is 3.50. The topological polar surface area (TPSA) is 45.8 Å². The first-order valence-corrected chi connectivity index (χ1v) is 5.59. The zero-order chi connectivity index (χ0) is 13.1. The Labute approximate surface area is 103 Å². The number of hydrogen-bond acceptors (Lipinski definition) is 2. The largest absolute Gasteiger partial charge is 0.307 e. The van der Waals surface area contributed by atoms with Gasteiger partial charge in [-0.25, -0.2) is 13.8 Å². The van der Waals surface area contributed by atoms with Crippen molar-refractivity contribution in [2.75, 3.05) is 0 Å². The predicted octanol–water partition coefficient (Wildman–Crippen LogP) is 2.94. The van der Waals surface area contributed by atoms with Gasteiger partial charge in [-0.3, -0.25) is 4.79 Å². The molecule has 1 N–H and O–H groups in total. The molecule has 0 saturated carbocycles. The molecule has 1 heterocycles. The van der Waals surface area contributed by atoms with Gasteiger partial charge in [-0.1, -0.05) is 25.1 Å². The second kappa shape index (κ2) is 5.08. The van der Waals surface area contributed by atoms with Crippen LogP contribution in [-0.4, -0.2) is 9.97 Å². The van der Waals surface area contributed by atoms with Crippen LogP contribution in [0.15, 0.2) is 35.1 Å². The standard InChI is InChI=1S/C13H12F2N2O/c1-2-10-7-11(18)17-13(16-10)9-5-3-4-8(6-9)12(14)15/h3-7,12H,2H2,1H3,(H,16,17,18). The van der Waals surface area contributed by atoms with Crippen molar-refractivity contribution in [2.45, 2.75) is 19.8 Å². The van der Waals surface area contributed by atoms with E-state index in [1.807, 2.05) is 6.92 Å². The number of rotatable bonds is 3. The molecule has 3 nitrogen and oxygen atoms in total. The summed E-state index contributed by atoms with van der Waals surface area (Å²) < 4.78 is 25.2. The number of nitrogens with one attached hydrogen (secondary N) is 1. The molecule has 1 aromatic heterocycles. The van der Waals surface area contributed by atoms with Crippen LogP contribution < -0.4 is 5.56 Å². The summed E-state index contributed by atoms with van der Waals surface area (Å²) in [5.41, 5.74) is 0.757. The molecule has 18 heavy (non-hydrogen) atoms. The fraction of sp³-hybridized carbons (Fsp3) is 0.231. The predicted molar refractivity (Wildman–Crippen MR) is 64.6 cm³/mol. The lowest BCUT2D eigenvalue weighted by atomic mass is 10.1. The van der Waals surface area contributed by atoms with Gasteiger partial charge in [0.25, 0.3) is 12.0 Å². The third-order valence-corrected chi connectivity index (χ3v) is 2.57. The van der Waals surface area contributed by atoms with Crippen LogP contribution in [0.1, 0.15) is 24.6 Å². The molecule has 94 valence electrons. The monoisotopic (exact) mass is 250 g/mol. The van der Waals surface area contributed by atoms with Gasteiger partial charge in [0.15, 0.2) is 0 Å². The Morgan fingerprint density at radius 1 is 1.33 bits per heavy atom. The Morgan fingerprint density at radius 3 is 2.78 bits per heavy atom. The first-order chi connectivity index (χ1) is 8.60. The fourth-order valence-electron chi connectivity index (χ4n) is 1.65. The van der Waals surface area contributed by atoms with E-state index in [-0.39, 0.29) is 11.1 Å². The number of aryl methyl sites for hydroxylation is 1. The van der Waals surface area contributed by atoms with Gasteiger partial charge in [-0.05, 0) is 12.5 Å². The quantitative estimate of drug-likeness (QED) is 0.910. The summed E-state index contributed by atoms with van der Waals surface area (Å²) in [7, 11) is 0. The maximum absolute atomic E-state index is 12.6. The minimum absolute atomic E-state index is 0.0861. The van der Waals surface area contributed by atoms with Gasteiger partial charge < -0.3 is 4.98 Å². The first-order valence-electron chi connectivity index (χ1n) is 5.59. The molecule has 0 atom stereocenters. The number of nitrogens with zero attached hydrogens (tertiary/aromatic N) is 1. The highest BCUT2D eigenvalue weighted by Crippen LogP contribution is 2.23. The van der Waals surface area contributed by atoms with Crippen LogP contribution in [0.3, 0.4) is 0 Å². The third-order valence-electron chi connectivity index (χ3n) is 2.57. The van der Waals surface area contributed by atoms with Crippen LogP contribution in [0.5, 0.6) is 0 Å². The Morgan fingerprint density at radius 2 is 2.11 bits per heavy atom. The van der Waals surface area contributed by atoms with Gasteiger partial charge >= 0.3 is 0 Å². The molecule has 0 aliphatic carbocycles. The van der Waals surface area contributed by atoms with Crippen molar-refractivity contribution in [1.29, 1.82) is 0 Å². The van der Waals surface area contributed by atoms with Gasteiger partial charge in [0.2, 0.25) is 0 Å². The highest BCUT2D eigenvalue weighted by molar-refractivity contribution is 5.56. The summed E-state index contributed by atoms with van der Waals surface area (Å²) in [5.74, 6) is 0.321. The molecule has 0 bridgehead atoms. The molecule has 0 unspecified atom stereocenters. The SMILES string of the molecule is CCc1cc(=O)[nH]c(-c2cccc(C(F)F)c2)n1. The average molecular weight is 250 g/mol. The van der Waals surface area contributed by atoms with Gasteiger partial charge in [-0.2, -0.15) is 0 Å². The molecule has 0 aliphatic rings. The summed E-state index contributed by atoms with van der Waals surface area (Å²) in [6, 6.07) is 7.25. The van der Waals surface area contributed by atoms with Gasteiger partial charge in [0, 0.05) is 22.9 Å². The van der Waals surface area contributed by atoms with E-state index in [4.69, 9.17) is 0 Å². The van der Waals surface area contributed by atoms with Crippen molar-refractivity contribution in [3.8, 4) is 11.4 Å². The minimum atomic E-state index is -2.54. The number of benzene rings is 1. The van der Waals surface area contributed by atoms with Crippen molar-refractivity contribution in [2.24, 2.45) is 0 Å². The molecule has 1 aromatic carbocycles. The van der Waals surface area contributed by atoms with E-state index < -0.39 is 6.43 Å². The number of hydrogen-bond donors (Lipinski definition) is 1. The van der Waals surface area contributed by atoms with Crippen LogP contribution in [0.2, 0.25) is 0 Å². The molecule has 5 heteroatoms. The smallest absolute Gasteiger partial charge is 0.263 e. The Hall–Kier alpha value is -2.04. The van der Waals surface area contributed by atoms with E-state index in [0.717, 1.165) is 0 Å². The first kappa shape index (κ1) is 12.4. The Balaban J connectivity index is 2.51. The van der Waals surface area contributed by atoms with E-state index in [0.29, 0.717) is 23.5 Å². The summed E-state index contributed by atoms with van der Waals surface area (Å²) in [4.78, 5) is 18.2. The van der Waals surface area contributed by atoms with Crippen molar-refractivity contribution < 1.29 is 8.78 Å². The van der Waals surface area contributed by atoms with Gasteiger partial charge in [-0.15, -0.1) is 0 Å². The van der Waals surface area contributed by atoms with Crippen LogP contribution in [0.25, 0.3) is 11.4 Å². The number of halogens is 2. The maximum atomic E-state index is 12.6. The summed E-state index contributed by atoms with van der Waals surface area (Å²) >= 11 is 0. The molecule has 0 aliphatic heterocycles. The van der Waals surface area contributed by atoms with Crippen LogP contribution in [0, 0.1) is 0 Å². The summed E-state index contributed by atoms with van der Waals surface area (Å²) in [6.07, 6.45) is -1.92. The molecule has 2 aromatic rings. The molecule has 0 spiro atoms. The highest BCUT2D eigenvalue weighted by atomic mass is 19.3. The fourth-order valence-corrected chi connectivity index (χ4v) is 1.65. The number of H-pyrrole nitrogens is 1. The molecule has 0 fully saturated rings. The lowest BCUT2D eigenvalue weighted by Gasteiger charge is -2.05. The number of aromatic nitrogens is 2. The van der Waals surface area contributed by atoms with E-state index >= 15 is 0 Å². The second-order valence-electron chi connectivity index (χ2n) is 3.87. The second-order valence-corrected chi connectivity index (χ2v) is 3.87. The van der Waals surface area contributed by atoms with E-state index in [9.17, 15) is 13.6 Å². The molecular weight excluding hydrogens is 238 g/mol. The van der Waals surface area contributed by atoms with Crippen molar-refractivity contribution in [3.05, 3.63) is 51.9 Å². The number of alkyl halides is 2. The molecule has 2 rings (SSSR count). The van der Waals surface area contributed by atoms with E-state index in [1.54, 1.807) is 6.07 Å². The Bertz CT molecular complexity index is 608. The number of aromatic amines is 1. The zero-order valence-corrected chi connectivity index (χ0v) is 9.78. The van der Waals surface area contributed by atoms with Gasteiger partial charge in [0.05, 0.1) is 0 Å². The van der Waals surface area contributed by atoms with Crippen LogP contribution in [0.4, 0.5) is 8.78 Å². The van der Waals surface area contributed by atoms with Crippen molar-refractivity contribution in [3.63, 3.8) is 0 Å². The normalized spacial score (nSPS) is 10.9. The van der Waals surface area contributed by atoms with Crippen molar-refractivity contribution >= 4 is 0 Å². The third kappa shape index (κ3) is 2.61.